The summed E-state index contributed by atoms with van der Waals surface area (Å²) in [6, 6.07) is 10.3. The fraction of sp³-hybridized carbons (Fsp3) is 0.652. The van der Waals surface area contributed by atoms with E-state index in [9.17, 15) is 9.59 Å². The maximum atomic E-state index is 12.3. The van der Waals surface area contributed by atoms with Crippen molar-refractivity contribution in [3.63, 3.8) is 0 Å². The Kier molecular flexibility index (Phi) is 7.49. The predicted octanol–water partition coefficient (Wildman–Crippen LogP) is 3.53. The molecule has 1 aromatic carbocycles. The largest absolute Gasteiger partial charge is 0.462 e. The molecule has 1 aliphatic heterocycles. The van der Waals surface area contributed by atoms with E-state index in [1.165, 1.54) is 5.56 Å². The number of carbonyl (C=O) groups excluding carboxylic acids is 2. The summed E-state index contributed by atoms with van der Waals surface area (Å²) in [5, 5.41) is 2.98. The molecule has 2 aliphatic rings. The van der Waals surface area contributed by atoms with Crippen LogP contribution in [0, 0.1) is 11.8 Å². The van der Waals surface area contributed by atoms with E-state index in [-0.39, 0.29) is 36.4 Å². The van der Waals surface area contributed by atoms with Gasteiger partial charge in [-0.1, -0.05) is 43.2 Å². The van der Waals surface area contributed by atoms with Gasteiger partial charge in [-0.05, 0) is 45.2 Å². The van der Waals surface area contributed by atoms with Gasteiger partial charge in [0, 0.05) is 31.0 Å². The second-order valence-electron chi connectivity index (χ2n) is 8.56. The lowest BCUT2D eigenvalue weighted by atomic mass is 10.0. The molecule has 1 amide bonds. The van der Waals surface area contributed by atoms with Crippen LogP contribution >= 0.6 is 0 Å². The summed E-state index contributed by atoms with van der Waals surface area (Å²) in [6.07, 6.45) is 5.41. The average Bonchev–Trinajstić information content (AvgIpc) is 3.34. The number of esters is 1. The summed E-state index contributed by atoms with van der Waals surface area (Å²) in [6.45, 7) is 6.82. The highest BCUT2D eigenvalue weighted by molar-refractivity contribution is 5.80. The second kappa shape index (κ2) is 10.1. The van der Waals surface area contributed by atoms with Gasteiger partial charge in [-0.2, -0.15) is 0 Å². The highest BCUT2D eigenvalue weighted by atomic mass is 16.5. The lowest BCUT2D eigenvalue weighted by Crippen LogP contribution is -2.38. The molecular formula is C23H34N2O3. The van der Waals surface area contributed by atoms with E-state index in [0.29, 0.717) is 5.92 Å². The third-order valence-corrected chi connectivity index (χ3v) is 6.13. The smallest absolute Gasteiger partial charge is 0.308 e. The number of benzene rings is 1. The molecule has 0 spiro atoms. The van der Waals surface area contributed by atoms with Gasteiger partial charge in [-0.25, -0.2) is 0 Å². The third kappa shape index (κ3) is 6.06. The molecule has 3 atom stereocenters. The van der Waals surface area contributed by atoms with Gasteiger partial charge >= 0.3 is 5.97 Å². The number of ether oxygens (including phenoxy) is 1. The first-order chi connectivity index (χ1) is 13.5. The van der Waals surface area contributed by atoms with Gasteiger partial charge in [-0.3, -0.25) is 14.5 Å². The van der Waals surface area contributed by atoms with Crippen LogP contribution in [0.15, 0.2) is 30.3 Å². The Morgan fingerprint density at radius 3 is 2.57 bits per heavy atom. The van der Waals surface area contributed by atoms with Gasteiger partial charge in [0.25, 0.3) is 0 Å². The van der Waals surface area contributed by atoms with Crippen molar-refractivity contribution in [2.24, 2.45) is 11.8 Å². The maximum absolute atomic E-state index is 12.3. The summed E-state index contributed by atoms with van der Waals surface area (Å²) < 4.78 is 5.69. The Balaban J connectivity index is 1.37. The van der Waals surface area contributed by atoms with Crippen molar-refractivity contribution >= 4 is 11.9 Å². The van der Waals surface area contributed by atoms with Crippen molar-refractivity contribution in [2.75, 3.05) is 13.1 Å². The van der Waals surface area contributed by atoms with Crippen LogP contribution in [0.4, 0.5) is 0 Å². The lowest BCUT2D eigenvalue weighted by Gasteiger charge is -2.22. The van der Waals surface area contributed by atoms with E-state index in [4.69, 9.17) is 4.74 Å². The number of rotatable bonds is 8. The summed E-state index contributed by atoms with van der Waals surface area (Å²) in [5.41, 5.74) is 1.32. The minimum Gasteiger partial charge on any atom is -0.462 e. The number of likely N-dealkylation sites (tertiary alicyclic amines) is 1. The zero-order chi connectivity index (χ0) is 19.9. The molecule has 0 aromatic heterocycles. The van der Waals surface area contributed by atoms with Crippen molar-refractivity contribution in [1.29, 1.82) is 0 Å². The van der Waals surface area contributed by atoms with Gasteiger partial charge < -0.3 is 10.1 Å². The first-order valence-electron chi connectivity index (χ1n) is 10.8. The molecule has 3 rings (SSSR count). The molecule has 1 aliphatic carbocycles. The molecule has 5 nitrogen and oxygen atoms in total. The van der Waals surface area contributed by atoms with E-state index in [1.54, 1.807) is 0 Å². The topological polar surface area (TPSA) is 58.6 Å². The number of hydrogen-bond acceptors (Lipinski definition) is 4. The van der Waals surface area contributed by atoms with Crippen LogP contribution < -0.4 is 5.32 Å². The molecular weight excluding hydrogens is 352 g/mol. The first-order valence-corrected chi connectivity index (χ1v) is 10.8. The van der Waals surface area contributed by atoms with Crippen molar-refractivity contribution < 1.29 is 14.3 Å². The fourth-order valence-electron chi connectivity index (χ4n) is 4.43. The zero-order valence-corrected chi connectivity index (χ0v) is 17.2. The van der Waals surface area contributed by atoms with Crippen LogP contribution in [0.5, 0.6) is 0 Å². The van der Waals surface area contributed by atoms with Crippen molar-refractivity contribution in [3.8, 4) is 0 Å². The van der Waals surface area contributed by atoms with Crippen LogP contribution in [0.3, 0.4) is 0 Å². The molecule has 0 bridgehead atoms. The highest BCUT2D eigenvalue weighted by Gasteiger charge is 2.30. The minimum absolute atomic E-state index is 0.0917. The summed E-state index contributed by atoms with van der Waals surface area (Å²) >= 11 is 0. The Morgan fingerprint density at radius 1 is 1.14 bits per heavy atom. The van der Waals surface area contributed by atoms with Crippen LogP contribution in [0.1, 0.15) is 57.9 Å². The molecule has 0 radical (unpaired) electrons. The molecule has 1 saturated heterocycles. The summed E-state index contributed by atoms with van der Waals surface area (Å²) in [5.74, 6) is 0.383. The van der Waals surface area contributed by atoms with Gasteiger partial charge in [0.15, 0.2) is 0 Å². The van der Waals surface area contributed by atoms with E-state index in [2.05, 4.69) is 34.5 Å². The SMILES string of the molecule is C[C@H](CC(=O)O[C@H](C)[C@@H]1CCN(Cc2ccccc2)C1)NC(=O)C1CCCC1. The fourth-order valence-corrected chi connectivity index (χ4v) is 4.43. The van der Waals surface area contributed by atoms with Gasteiger partial charge in [0.1, 0.15) is 6.10 Å². The Morgan fingerprint density at radius 2 is 1.86 bits per heavy atom. The molecule has 1 heterocycles. The summed E-state index contributed by atoms with van der Waals surface area (Å²) in [4.78, 5) is 26.9. The second-order valence-corrected chi connectivity index (χ2v) is 8.56. The molecule has 1 saturated carbocycles. The number of nitrogens with zero attached hydrogens (tertiary/aromatic N) is 1. The van der Waals surface area contributed by atoms with E-state index in [0.717, 1.165) is 51.7 Å². The van der Waals surface area contributed by atoms with Gasteiger partial charge in [-0.15, -0.1) is 0 Å². The lowest BCUT2D eigenvalue weighted by molar-refractivity contribution is -0.151. The van der Waals surface area contributed by atoms with Crippen molar-refractivity contribution in [1.82, 2.24) is 10.2 Å². The van der Waals surface area contributed by atoms with E-state index in [1.807, 2.05) is 19.9 Å². The van der Waals surface area contributed by atoms with Crippen molar-refractivity contribution in [2.45, 2.75) is 71.1 Å². The van der Waals surface area contributed by atoms with Crippen LogP contribution in [-0.2, 0) is 20.9 Å². The zero-order valence-electron chi connectivity index (χ0n) is 17.2. The molecule has 1 aromatic rings. The Hall–Kier alpha value is -1.88. The Bertz CT molecular complexity index is 643. The molecule has 2 fully saturated rings. The number of amides is 1. The van der Waals surface area contributed by atoms with Gasteiger partial charge in [0.05, 0.1) is 6.42 Å². The number of hydrogen-bond donors (Lipinski definition) is 1. The highest BCUT2D eigenvalue weighted by Crippen LogP contribution is 2.25. The van der Waals surface area contributed by atoms with E-state index < -0.39 is 0 Å². The molecule has 28 heavy (non-hydrogen) atoms. The van der Waals surface area contributed by atoms with Crippen molar-refractivity contribution in [3.05, 3.63) is 35.9 Å². The monoisotopic (exact) mass is 386 g/mol. The molecule has 1 N–H and O–H groups in total. The predicted molar refractivity (Wildman–Crippen MR) is 110 cm³/mol. The third-order valence-electron chi connectivity index (χ3n) is 6.13. The van der Waals surface area contributed by atoms with Crippen LogP contribution in [0.2, 0.25) is 0 Å². The number of carbonyl (C=O) groups is 2. The standard InChI is InChI=1S/C23H34N2O3/c1-17(24-23(27)20-10-6-7-11-20)14-22(26)28-18(2)21-12-13-25(16-21)15-19-8-4-3-5-9-19/h3-5,8-9,17-18,20-21H,6-7,10-16H2,1-2H3,(H,24,27)/t17-,18-,21-/m1/s1. The molecule has 154 valence electrons. The first kappa shape index (κ1) is 20.8. The average molecular weight is 387 g/mol. The minimum atomic E-state index is -0.215. The quantitative estimate of drug-likeness (QED) is 0.695. The Labute approximate surface area is 168 Å². The molecule has 5 heteroatoms. The van der Waals surface area contributed by atoms with E-state index >= 15 is 0 Å². The maximum Gasteiger partial charge on any atom is 0.308 e. The van der Waals surface area contributed by atoms with Gasteiger partial charge in [0.2, 0.25) is 5.91 Å². The van der Waals surface area contributed by atoms with Crippen LogP contribution in [-0.4, -0.2) is 42.0 Å². The molecule has 0 unspecified atom stereocenters. The summed E-state index contributed by atoms with van der Waals surface area (Å²) in [7, 11) is 0. The normalized spacial score (nSPS) is 22.7. The number of nitrogens with one attached hydrogen (secondary N) is 1. The van der Waals surface area contributed by atoms with Crippen LogP contribution in [0.25, 0.3) is 0 Å².